The maximum Gasteiger partial charge on any atom is 0.159 e. The van der Waals surface area contributed by atoms with Crippen LogP contribution < -0.4 is 0 Å². The van der Waals surface area contributed by atoms with E-state index in [1.54, 1.807) is 0 Å². The van der Waals surface area contributed by atoms with Crippen LogP contribution in [-0.4, -0.2) is 19.5 Å². The molecular formula is C9H18O2. The van der Waals surface area contributed by atoms with E-state index in [-0.39, 0.29) is 6.29 Å². The Labute approximate surface area is 68.9 Å². The maximum atomic E-state index is 5.52. The van der Waals surface area contributed by atoms with Crippen molar-refractivity contribution in [1.29, 1.82) is 0 Å². The smallest absolute Gasteiger partial charge is 0.159 e. The van der Waals surface area contributed by atoms with Crippen LogP contribution in [0.3, 0.4) is 0 Å². The molecule has 2 heteroatoms. The average Bonchev–Trinajstić information content (AvgIpc) is 2.05. The van der Waals surface area contributed by atoms with E-state index in [1.807, 2.05) is 0 Å². The molecule has 0 aromatic carbocycles. The molecule has 0 bridgehead atoms. The van der Waals surface area contributed by atoms with Gasteiger partial charge in [0.2, 0.25) is 0 Å². The van der Waals surface area contributed by atoms with Crippen LogP contribution in [0.4, 0.5) is 0 Å². The van der Waals surface area contributed by atoms with E-state index in [4.69, 9.17) is 9.47 Å². The van der Waals surface area contributed by atoms with Gasteiger partial charge in [0.05, 0.1) is 13.2 Å². The van der Waals surface area contributed by atoms with Gasteiger partial charge in [-0.25, -0.2) is 0 Å². The van der Waals surface area contributed by atoms with Gasteiger partial charge in [-0.15, -0.1) is 0 Å². The standard InChI is InChI=1S/C9H18O2/c1-4-8-5-10-9(7(2)3)11-6-8/h7-9H,4-6H2,1-3H3. The molecule has 0 unspecified atom stereocenters. The lowest BCUT2D eigenvalue weighted by Gasteiger charge is -2.30. The largest absolute Gasteiger partial charge is 0.352 e. The highest BCUT2D eigenvalue weighted by Gasteiger charge is 2.22. The zero-order chi connectivity index (χ0) is 8.27. The molecule has 1 aliphatic rings. The van der Waals surface area contributed by atoms with E-state index >= 15 is 0 Å². The lowest BCUT2D eigenvalue weighted by Crippen LogP contribution is -2.34. The summed E-state index contributed by atoms with van der Waals surface area (Å²) in [4.78, 5) is 0. The van der Waals surface area contributed by atoms with Gasteiger partial charge in [0.1, 0.15) is 0 Å². The van der Waals surface area contributed by atoms with Crippen LogP contribution in [0.15, 0.2) is 0 Å². The number of ether oxygens (including phenoxy) is 2. The van der Waals surface area contributed by atoms with Gasteiger partial charge in [-0.2, -0.15) is 0 Å². The fourth-order valence-corrected chi connectivity index (χ4v) is 1.18. The molecule has 0 spiro atoms. The van der Waals surface area contributed by atoms with Crippen molar-refractivity contribution >= 4 is 0 Å². The first-order valence-corrected chi connectivity index (χ1v) is 4.47. The zero-order valence-corrected chi connectivity index (χ0v) is 7.67. The quantitative estimate of drug-likeness (QED) is 0.612. The van der Waals surface area contributed by atoms with Crippen molar-refractivity contribution in [3.63, 3.8) is 0 Å². The van der Waals surface area contributed by atoms with Crippen molar-refractivity contribution in [2.75, 3.05) is 13.2 Å². The number of rotatable bonds is 2. The molecule has 11 heavy (non-hydrogen) atoms. The van der Waals surface area contributed by atoms with Crippen LogP contribution >= 0.6 is 0 Å². The first-order valence-electron chi connectivity index (χ1n) is 4.47. The highest BCUT2D eigenvalue weighted by atomic mass is 16.7. The van der Waals surface area contributed by atoms with E-state index in [2.05, 4.69) is 20.8 Å². The molecule has 0 aliphatic carbocycles. The lowest BCUT2D eigenvalue weighted by atomic mass is 10.1. The minimum Gasteiger partial charge on any atom is -0.352 e. The molecule has 66 valence electrons. The first kappa shape index (κ1) is 9.01. The van der Waals surface area contributed by atoms with Gasteiger partial charge in [-0.05, 0) is 6.42 Å². The second-order valence-electron chi connectivity index (χ2n) is 3.55. The molecule has 0 atom stereocenters. The lowest BCUT2D eigenvalue weighted by molar-refractivity contribution is -0.219. The van der Waals surface area contributed by atoms with Gasteiger partial charge in [0, 0.05) is 11.8 Å². The summed E-state index contributed by atoms with van der Waals surface area (Å²) in [6, 6.07) is 0. The Hall–Kier alpha value is -0.0800. The molecule has 0 aromatic rings. The fourth-order valence-electron chi connectivity index (χ4n) is 1.18. The summed E-state index contributed by atoms with van der Waals surface area (Å²) in [6.07, 6.45) is 1.20. The van der Waals surface area contributed by atoms with E-state index in [0.29, 0.717) is 11.8 Å². The SMILES string of the molecule is CCC1COC(C(C)C)OC1. The minimum atomic E-state index is 0.0396. The summed E-state index contributed by atoms with van der Waals surface area (Å²) >= 11 is 0. The van der Waals surface area contributed by atoms with Gasteiger partial charge < -0.3 is 9.47 Å². The van der Waals surface area contributed by atoms with Crippen molar-refractivity contribution in [2.45, 2.75) is 33.5 Å². The molecule has 1 aliphatic heterocycles. The molecule has 1 fully saturated rings. The Balaban J connectivity index is 2.24. The predicted molar refractivity (Wildman–Crippen MR) is 44.3 cm³/mol. The highest BCUT2D eigenvalue weighted by Crippen LogP contribution is 2.18. The van der Waals surface area contributed by atoms with E-state index in [1.165, 1.54) is 0 Å². The van der Waals surface area contributed by atoms with Crippen molar-refractivity contribution in [2.24, 2.45) is 11.8 Å². The molecule has 0 amide bonds. The third kappa shape index (κ3) is 2.46. The minimum absolute atomic E-state index is 0.0396. The Kier molecular flexibility index (Phi) is 3.34. The summed E-state index contributed by atoms with van der Waals surface area (Å²) in [7, 11) is 0. The molecule has 0 saturated carbocycles. The molecule has 1 heterocycles. The van der Waals surface area contributed by atoms with E-state index in [0.717, 1.165) is 19.6 Å². The number of hydrogen-bond acceptors (Lipinski definition) is 2. The van der Waals surface area contributed by atoms with Crippen LogP contribution in [0.25, 0.3) is 0 Å². The van der Waals surface area contributed by atoms with Gasteiger partial charge in [0.15, 0.2) is 6.29 Å². The summed E-state index contributed by atoms with van der Waals surface area (Å²) in [5.41, 5.74) is 0. The molecule has 1 rings (SSSR count). The van der Waals surface area contributed by atoms with Gasteiger partial charge >= 0.3 is 0 Å². The molecular weight excluding hydrogens is 140 g/mol. The summed E-state index contributed by atoms with van der Waals surface area (Å²) < 4.78 is 11.0. The third-order valence-corrected chi connectivity index (χ3v) is 2.11. The average molecular weight is 158 g/mol. The second kappa shape index (κ2) is 4.07. The Bertz CT molecular complexity index is 104. The predicted octanol–water partition coefficient (Wildman–Crippen LogP) is 2.04. The Morgan fingerprint density at radius 3 is 2.18 bits per heavy atom. The third-order valence-electron chi connectivity index (χ3n) is 2.11. The van der Waals surface area contributed by atoms with Crippen LogP contribution in [0.5, 0.6) is 0 Å². The molecule has 2 nitrogen and oxygen atoms in total. The fraction of sp³-hybridized carbons (Fsp3) is 1.00. The van der Waals surface area contributed by atoms with Crippen LogP contribution in [0.2, 0.25) is 0 Å². The summed E-state index contributed by atoms with van der Waals surface area (Å²) in [6.45, 7) is 8.17. The highest BCUT2D eigenvalue weighted by molar-refractivity contribution is 4.62. The van der Waals surface area contributed by atoms with Crippen molar-refractivity contribution in [1.82, 2.24) is 0 Å². The van der Waals surface area contributed by atoms with E-state index < -0.39 is 0 Å². The van der Waals surface area contributed by atoms with Crippen molar-refractivity contribution in [3.05, 3.63) is 0 Å². The normalized spacial score (nSPS) is 32.7. The molecule has 0 radical (unpaired) electrons. The molecule has 1 saturated heterocycles. The van der Waals surface area contributed by atoms with E-state index in [9.17, 15) is 0 Å². The second-order valence-corrected chi connectivity index (χ2v) is 3.55. The monoisotopic (exact) mass is 158 g/mol. The topological polar surface area (TPSA) is 18.5 Å². The zero-order valence-electron chi connectivity index (χ0n) is 7.67. The van der Waals surface area contributed by atoms with Crippen LogP contribution in [0.1, 0.15) is 27.2 Å². The van der Waals surface area contributed by atoms with Gasteiger partial charge in [-0.3, -0.25) is 0 Å². The molecule has 0 aromatic heterocycles. The summed E-state index contributed by atoms with van der Waals surface area (Å²) in [5.74, 6) is 1.10. The maximum absolute atomic E-state index is 5.52. The Morgan fingerprint density at radius 1 is 1.27 bits per heavy atom. The van der Waals surface area contributed by atoms with Crippen LogP contribution in [0, 0.1) is 11.8 Å². The van der Waals surface area contributed by atoms with Gasteiger partial charge in [0.25, 0.3) is 0 Å². The first-order chi connectivity index (χ1) is 5.24. The van der Waals surface area contributed by atoms with Gasteiger partial charge in [-0.1, -0.05) is 20.8 Å². The van der Waals surface area contributed by atoms with Crippen LogP contribution in [-0.2, 0) is 9.47 Å². The number of hydrogen-bond donors (Lipinski definition) is 0. The Morgan fingerprint density at radius 2 is 1.82 bits per heavy atom. The summed E-state index contributed by atoms with van der Waals surface area (Å²) in [5, 5.41) is 0. The van der Waals surface area contributed by atoms with Crippen molar-refractivity contribution < 1.29 is 9.47 Å². The van der Waals surface area contributed by atoms with Crippen molar-refractivity contribution in [3.8, 4) is 0 Å². The molecule has 0 N–H and O–H groups in total.